The maximum absolute atomic E-state index is 12.3. The van der Waals surface area contributed by atoms with Gasteiger partial charge in [0.1, 0.15) is 0 Å². The number of rotatable bonds is 6. The maximum Gasteiger partial charge on any atom is 0.233 e. The summed E-state index contributed by atoms with van der Waals surface area (Å²) in [4.78, 5) is 13.3. The van der Waals surface area contributed by atoms with E-state index in [1.807, 2.05) is 45.0 Å². The molecule has 1 aromatic carbocycles. The Balaban J connectivity index is 1.65. The van der Waals surface area contributed by atoms with Gasteiger partial charge in [-0.3, -0.25) is 4.79 Å². The quantitative estimate of drug-likeness (QED) is 0.657. The lowest BCUT2D eigenvalue weighted by Crippen LogP contribution is -2.30. The summed E-state index contributed by atoms with van der Waals surface area (Å²) >= 11 is 2.60. The number of benzene rings is 1. The van der Waals surface area contributed by atoms with Crippen molar-refractivity contribution in [1.29, 1.82) is 0 Å². The fourth-order valence-corrected chi connectivity index (χ4v) is 3.51. The Morgan fingerprint density at radius 3 is 2.92 bits per heavy atom. The lowest BCUT2D eigenvalue weighted by Gasteiger charge is -2.11. The number of carbonyl (C=O) groups is 1. The lowest BCUT2D eigenvalue weighted by molar-refractivity contribution is -0.120. The van der Waals surface area contributed by atoms with Crippen molar-refractivity contribution < 1.29 is 4.79 Å². The summed E-state index contributed by atoms with van der Waals surface area (Å²) in [6.45, 7) is 6.13. The Morgan fingerprint density at radius 2 is 2.20 bits per heavy atom. The van der Waals surface area contributed by atoms with Gasteiger partial charge < -0.3 is 5.32 Å². The average Bonchev–Trinajstić information content (AvgIpc) is 3.21. The minimum absolute atomic E-state index is 0.0865. The number of aromatic nitrogens is 6. The van der Waals surface area contributed by atoms with E-state index in [1.54, 1.807) is 4.68 Å². The van der Waals surface area contributed by atoms with Gasteiger partial charge in [0.05, 0.1) is 28.1 Å². The van der Waals surface area contributed by atoms with E-state index in [1.165, 1.54) is 23.3 Å². The molecular formula is C15H17N7OS2. The first-order valence-corrected chi connectivity index (χ1v) is 9.27. The van der Waals surface area contributed by atoms with Gasteiger partial charge in [-0.15, -0.1) is 10.2 Å². The largest absolute Gasteiger partial charge is 0.350 e. The predicted molar refractivity (Wildman–Crippen MR) is 95.7 cm³/mol. The Hall–Kier alpha value is -2.33. The topological polar surface area (TPSA) is 98.5 Å². The summed E-state index contributed by atoms with van der Waals surface area (Å²) in [5, 5.41) is 18.9. The van der Waals surface area contributed by atoms with Crippen molar-refractivity contribution in [2.75, 3.05) is 0 Å². The van der Waals surface area contributed by atoms with Crippen LogP contribution in [0.15, 0.2) is 29.4 Å². The fourth-order valence-electron chi connectivity index (χ4n) is 2.11. The summed E-state index contributed by atoms with van der Waals surface area (Å²) < 4.78 is 5.50. The third kappa shape index (κ3) is 4.20. The van der Waals surface area contributed by atoms with Crippen LogP contribution in [0.1, 0.15) is 23.1 Å². The molecule has 8 nitrogen and oxygen atoms in total. The Morgan fingerprint density at radius 1 is 1.36 bits per heavy atom. The molecule has 0 spiro atoms. The first-order chi connectivity index (χ1) is 12.0. The minimum Gasteiger partial charge on any atom is -0.350 e. The molecule has 0 radical (unpaired) electrons. The van der Waals surface area contributed by atoms with Gasteiger partial charge in [0.25, 0.3) is 0 Å². The van der Waals surface area contributed by atoms with Crippen LogP contribution in [0.2, 0.25) is 0 Å². The average molecular weight is 375 g/mol. The standard InChI is InChI=1S/C15H17N7OS2/c1-9-5-4-6-12(7-9)22-15(18-19-20-22)24-11(3)14(23)16-8-13-10(2)17-21-25-13/h4-7,11H,8H2,1-3H3,(H,16,23)/t11-/m0/s1. The molecule has 0 saturated heterocycles. The molecule has 0 fully saturated rings. The number of hydrogen-bond acceptors (Lipinski definition) is 8. The van der Waals surface area contributed by atoms with Crippen molar-refractivity contribution in [2.45, 2.75) is 37.7 Å². The number of carbonyl (C=O) groups excluding carboxylic acids is 1. The Kier molecular flexibility index (Phi) is 5.39. The van der Waals surface area contributed by atoms with Crippen molar-refractivity contribution in [3.8, 4) is 5.69 Å². The van der Waals surface area contributed by atoms with Gasteiger partial charge in [-0.05, 0) is 60.4 Å². The number of thioether (sulfide) groups is 1. The van der Waals surface area contributed by atoms with E-state index in [0.717, 1.165) is 21.8 Å². The highest BCUT2D eigenvalue weighted by molar-refractivity contribution is 8.00. The molecule has 25 heavy (non-hydrogen) atoms. The number of aryl methyl sites for hydroxylation is 2. The molecule has 0 aliphatic heterocycles. The highest BCUT2D eigenvalue weighted by Crippen LogP contribution is 2.23. The van der Waals surface area contributed by atoms with Crippen LogP contribution in [0.25, 0.3) is 5.69 Å². The molecular weight excluding hydrogens is 358 g/mol. The van der Waals surface area contributed by atoms with Gasteiger partial charge in [-0.25, -0.2) is 0 Å². The SMILES string of the molecule is Cc1cccc(-n2nnnc2S[C@@H](C)C(=O)NCc2snnc2C)c1. The van der Waals surface area contributed by atoms with E-state index in [0.29, 0.717) is 11.7 Å². The van der Waals surface area contributed by atoms with Crippen LogP contribution in [0.3, 0.4) is 0 Å². The first kappa shape index (κ1) is 17.5. The number of nitrogens with one attached hydrogen (secondary N) is 1. The van der Waals surface area contributed by atoms with Crippen molar-refractivity contribution in [1.82, 2.24) is 35.1 Å². The normalized spacial score (nSPS) is 12.1. The van der Waals surface area contributed by atoms with Gasteiger partial charge >= 0.3 is 0 Å². The zero-order valence-electron chi connectivity index (χ0n) is 14.0. The predicted octanol–water partition coefficient (Wildman–Crippen LogP) is 1.93. The molecule has 130 valence electrons. The van der Waals surface area contributed by atoms with E-state index < -0.39 is 0 Å². The number of nitrogens with zero attached hydrogens (tertiary/aromatic N) is 6. The molecule has 10 heteroatoms. The minimum atomic E-state index is -0.337. The van der Waals surface area contributed by atoms with E-state index in [2.05, 4.69) is 30.4 Å². The summed E-state index contributed by atoms with van der Waals surface area (Å²) in [5.74, 6) is -0.0865. The molecule has 1 N–H and O–H groups in total. The third-order valence-corrected chi connectivity index (χ3v) is 5.36. The zero-order chi connectivity index (χ0) is 17.8. The second-order valence-corrected chi connectivity index (χ2v) is 7.62. The van der Waals surface area contributed by atoms with Gasteiger partial charge in [-0.2, -0.15) is 4.68 Å². The molecule has 1 amide bonds. The van der Waals surface area contributed by atoms with Crippen LogP contribution in [0.5, 0.6) is 0 Å². The van der Waals surface area contributed by atoms with Crippen LogP contribution in [-0.4, -0.2) is 41.0 Å². The van der Waals surface area contributed by atoms with Crippen LogP contribution in [0, 0.1) is 13.8 Å². The summed E-state index contributed by atoms with van der Waals surface area (Å²) in [7, 11) is 0. The number of hydrogen-bond donors (Lipinski definition) is 1. The Bertz CT molecular complexity index is 876. The van der Waals surface area contributed by atoms with Crippen molar-refractivity contribution in [3.05, 3.63) is 40.4 Å². The Labute approximate surface area is 153 Å². The molecule has 3 aromatic rings. The highest BCUT2D eigenvalue weighted by Gasteiger charge is 2.19. The van der Waals surface area contributed by atoms with Crippen molar-refractivity contribution in [2.24, 2.45) is 0 Å². The molecule has 3 rings (SSSR count). The van der Waals surface area contributed by atoms with Gasteiger partial charge in [0.2, 0.25) is 11.1 Å². The second kappa shape index (κ2) is 7.70. The van der Waals surface area contributed by atoms with Crippen molar-refractivity contribution in [3.63, 3.8) is 0 Å². The highest BCUT2D eigenvalue weighted by atomic mass is 32.2. The first-order valence-electron chi connectivity index (χ1n) is 7.62. The van der Waals surface area contributed by atoms with Gasteiger partial charge in [0.15, 0.2) is 0 Å². The van der Waals surface area contributed by atoms with E-state index in [4.69, 9.17) is 0 Å². The summed E-state index contributed by atoms with van der Waals surface area (Å²) in [6, 6.07) is 7.87. The molecule has 0 aliphatic rings. The molecule has 1 atom stereocenters. The van der Waals surface area contributed by atoms with Gasteiger partial charge in [-0.1, -0.05) is 28.4 Å². The monoisotopic (exact) mass is 375 g/mol. The van der Waals surface area contributed by atoms with Crippen molar-refractivity contribution >= 4 is 29.2 Å². The maximum atomic E-state index is 12.3. The van der Waals surface area contributed by atoms with Crippen LogP contribution >= 0.6 is 23.3 Å². The zero-order valence-corrected chi connectivity index (χ0v) is 15.6. The second-order valence-electron chi connectivity index (χ2n) is 5.47. The molecule has 2 heterocycles. The lowest BCUT2D eigenvalue weighted by atomic mass is 10.2. The van der Waals surface area contributed by atoms with Gasteiger partial charge in [0, 0.05) is 0 Å². The molecule has 0 bridgehead atoms. The van der Waals surface area contributed by atoms with E-state index >= 15 is 0 Å². The molecule has 2 aromatic heterocycles. The van der Waals surface area contributed by atoms with Crippen LogP contribution < -0.4 is 5.32 Å². The number of tetrazole rings is 1. The molecule has 0 saturated carbocycles. The van der Waals surface area contributed by atoms with Crippen LogP contribution in [0.4, 0.5) is 0 Å². The fraction of sp³-hybridized carbons (Fsp3) is 0.333. The molecule has 0 unspecified atom stereocenters. The van der Waals surface area contributed by atoms with E-state index in [9.17, 15) is 4.79 Å². The summed E-state index contributed by atoms with van der Waals surface area (Å²) in [5.41, 5.74) is 2.82. The van der Waals surface area contributed by atoms with Crippen LogP contribution in [-0.2, 0) is 11.3 Å². The van der Waals surface area contributed by atoms with E-state index in [-0.39, 0.29) is 11.2 Å². The third-order valence-electron chi connectivity index (χ3n) is 3.51. The number of amides is 1. The molecule has 0 aliphatic carbocycles. The smallest absolute Gasteiger partial charge is 0.233 e. The summed E-state index contributed by atoms with van der Waals surface area (Å²) in [6.07, 6.45) is 0.